The van der Waals surface area contributed by atoms with Gasteiger partial charge in [0.2, 0.25) is 0 Å². The summed E-state index contributed by atoms with van der Waals surface area (Å²) in [7, 11) is 0. The van der Waals surface area contributed by atoms with Gasteiger partial charge in [0.05, 0.1) is 5.57 Å². The van der Waals surface area contributed by atoms with Crippen molar-refractivity contribution in [3.63, 3.8) is 0 Å². The molecule has 5 aromatic rings. The molecule has 1 heterocycles. The molecule has 1 N–H and O–H groups in total. The second-order valence-electron chi connectivity index (χ2n) is 7.86. The first-order valence-corrected chi connectivity index (χ1v) is 17.2. The summed E-state index contributed by atoms with van der Waals surface area (Å²) in [6.45, 7) is 0. The Labute approximate surface area is 215 Å². The third-order valence-corrected chi connectivity index (χ3v) is 12.8. The van der Waals surface area contributed by atoms with E-state index < -0.39 is 0 Å². The van der Waals surface area contributed by atoms with Gasteiger partial charge in [0.15, 0.2) is 0 Å². The molecule has 0 aromatic heterocycles. The van der Waals surface area contributed by atoms with Crippen molar-refractivity contribution in [1.82, 2.24) is 5.32 Å². The van der Waals surface area contributed by atoms with Gasteiger partial charge in [-0.05, 0) is 5.56 Å². The molecule has 0 atom stereocenters. The second kappa shape index (κ2) is 10.9. The van der Waals surface area contributed by atoms with Crippen molar-refractivity contribution in [3.05, 3.63) is 127 Å². The fraction of sp³-hybridized carbons (Fsp3) is 0. The Morgan fingerprint density at radius 2 is 1.00 bits per heavy atom. The first kappa shape index (κ1) is 23.3. The van der Waals surface area contributed by atoms with Crippen LogP contribution >= 0.6 is 0 Å². The van der Waals surface area contributed by atoms with E-state index in [0.29, 0.717) is 31.8 Å². The van der Waals surface area contributed by atoms with E-state index in [1.807, 2.05) is 18.2 Å². The Kier molecular flexibility index (Phi) is 7.22. The topological polar surface area (TPSA) is 46.2 Å². The average molecular weight is 585 g/mol. The molecule has 0 radical (unpaired) electrons. The molecule has 1 aliphatic rings. The van der Waals surface area contributed by atoms with Crippen molar-refractivity contribution in [1.29, 1.82) is 0 Å². The Bertz CT molecular complexity index is 1470. The van der Waals surface area contributed by atoms with Crippen molar-refractivity contribution in [3.8, 4) is 0 Å². The SMILES string of the molecule is O=C1C=C(c2ccccc2)C(=O)N1.c1ccc2c([Se][Se]c3cccc4ccccc34)cccc2c1. The normalized spacial score (nSPS) is 12.7. The molecule has 170 valence electrons. The molecule has 0 saturated heterocycles. The first-order valence-electron chi connectivity index (χ1n) is 11.1. The van der Waals surface area contributed by atoms with Crippen LogP contribution in [-0.4, -0.2) is 38.1 Å². The van der Waals surface area contributed by atoms with Crippen LogP contribution < -0.4 is 14.2 Å². The molecule has 35 heavy (non-hydrogen) atoms. The third-order valence-electron chi connectivity index (χ3n) is 5.56. The van der Waals surface area contributed by atoms with E-state index in [2.05, 4.69) is 90.2 Å². The van der Waals surface area contributed by atoms with Crippen LogP contribution in [0.15, 0.2) is 121 Å². The van der Waals surface area contributed by atoms with Gasteiger partial charge in [-0.2, -0.15) is 0 Å². The number of nitrogens with one attached hydrogen (secondary N) is 1. The van der Waals surface area contributed by atoms with Gasteiger partial charge in [-0.3, -0.25) is 14.9 Å². The zero-order valence-corrected chi connectivity index (χ0v) is 22.1. The summed E-state index contributed by atoms with van der Waals surface area (Å²) in [5.74, 6) is -0.667. The minimum absolute atomic E-state index is 0.323. The first-order chi connectivity index (χ1) is 17.2. The number of amides is 2. The van der Waals surface area contributed by atoms with Gasteiger partial charge < -0.3 is 0 Å². The standard InChI is InChI=1S/C20H14Se2.C10H7NO2/c1-3-11-17-15(7-1)9-5-13-19(17)21-22-20-14-6-10-16-8-2-4-12-18(16)20;12-9-6-8(10(13)11-9)7-4-2-1-3-5-7/h1-14H;1-6H,(H,11,12,13). The van der Waals surface area contributed by atoms with E-state index in [4.69, 9.17) is 0 Å². The fourth-order valence-electron chi connectivity index (χ4n) is 3.87. The number of rotatable bonds is 4. The van der Waals surface area contributed by atoms with Crippen LogP contribution in [-0.2, 0) is 9.59 Å². The van der Waals surface area contributed by atoms with Crippen LogP contribution in [0, 0.1) is 0 Å². The summed E-state index contributed by atoms with van der Waals surface area (Å²) >= 11 is 1.02. The molecule has 2 amide bonds. The van der Waals surface area contributed by atoms with Gasteiger partial charge in [-0.25, -0.2) is 0 Å². The van der Waals surface area contributed by atoms with Crippen LogP contribution in [0.1, 0.15) is 5.56 Å². The van der Waals surface area contributed by atoms with E-state index in [-0.39, 0.29) is 11.8 Å². The number of imide groups is 1. The maximum atomic E-state index is 11.2. The molecule has 5 heteroatoms. The average Bonchev–Trinajstić information content (AvgIpc) is 3.26. The Morgan fingerprint density at radius 1 is 0.514 bits per heavy atom. The Morgan fingerprint density at radius 3 is 1.51 bits per heavy atom. The fourth-order valence-corrected chi connectivity index (χ4v) is 11.1. The van der Waals surface area contributed by atoms with Crippen LogP contribution in [0.5, 0.6) is 0 Å². The predicted molar refractivity (Wildman–Crippen MR) is 146 cm³/mol. The van der Waals surface area contributed by atoms with Crippen molar-refractivity contribution >= 4 is 74.1 Å². The number of hydrogen-bond donors (Lipinski definition) is 1. The van der Waals surface area contributed by atoms with Crippen molar-refractivity contribution in [2.45, 2.75) is 0 Å². The van der Waals surface area contributed by atoms with Crippen molar-refractivity contribution in [2.24, 2.45) is 0 Å². The van der Waals surface area contributed by atoms with Crippen molar-refractivity contribution < 1.29 is 9.59 Å². The van der Waals surface area contributed by atoms with Gasteiger partial charge in [0.1, 0.15) is 0 Å². The van der Waals surface area contributed by atoms with Gasteiger partial charge in [0.25, 0.3) is 11.8 Å². The maximum absolute atomic E-state index is 11.2. The van der Waals surface area contributed by atoms with E-state index in [9.17, 15) is 9.59 Å². The van der Waals surface area contributed by atoms with Gasteiger partial charge >= 0.3 is 142 Å². The van der Waals surface area contributed by atoms with Crippen LogP contribution in [0.2, 0.25) is 0 Å². The Balaban J connectivity index is 0.000000166. The van der Waals surface area contributed by atoms with Crippen LogP contribution in [0.25, 0.3) is 27.1 Å². The molecule has 6 rings (SSSR count). The predicted octanol–water partition coefficient (Wildman–Crippen LogP) is 3.99. The van der Waals surface area contributed by atoms with Crippen LogP contribution in [0.3, 0.4) is 0 Å². The quantitative estimate of drug-likeness (QED) is 0.256. The summed E-state index contributed by atoms with van der Waals surface area (Å²) in [6.07, 6.45) is 1.32. The summed E-state index contributed by atoms with van der Waals surface area (Å²) in [5, 5.41) is 7.76. The zero-order valence-electron chi connectivity index (χ0n) is 18.7. The van der Waals surface area contributed by atoms with Gasteiger partial charge in [0, 0.05) is 6.08 Å². The second-order valence-corrected chi connectivity index (χ2v) is 14.0. The van der Waals surface area contributed by atoms with E-state index in [1.165, 1.54) is 36.5 Å². The Hall–Kier alpha value is -3.46. The summed E-state index contributed by atoms with van der Waals surface area (Å²) in [6, 6.07) is 40.0. The van der Waals surface area contributed by atoms with E-state index in [1.54, 1.807) is 12.1 Å². The molecule has 0 bridgehead atoms. The summed E-state index contributed by atoms with van der Waals surface area (Å²) < 4.78 is 3.05. The number of carbonyl (C=O) groups excluding carboxylic acids is 2. The molecule has 0 fully saturated rings. The number of benzene rings is 5. The molecule has 0 saturated carbocycles. The molecular formula is C30H21NO2Se2. The molecule has 3 nitrogen and oxygen atoms in total. The summed E-state index contributed by atoms with van der Waals surface area (Å²) in [4.78, 5) is 22.0. The van der Waals surface area contributed by atoms with Crippen LogP contribution in [0.4, 0.5) is 0 Å². The number of fused-ring (bicyclic) bond motifs is 2. The summed E-state index contributed by atoms with van der Waals surface area (Å²) in [5.41, 5.74) is 1.21. The number of carbonyl (C=O) groups is 2. The number of hydrogen-bond acceptors (Lipinski definition) is 2. The molecule has 1 aliphatic heterocycles. The molecule has 0 unspecified atom stereocenters. The monoisotopic (exact) mass is 587 g/mol. The van der Waals surface area contributed by atoms with Gasteiger partial charge in [-0.1, -0.05) is 30.3 Å². The molecular weight excluding hydrogens is 564 g/mol. The van der Waals surface area contributed by atoms with E-state index >= 15 is 0 Å². The van der Waals surface area contributed by atoms with Crippen molar-refractivity contribution in [2.75, 3.05) is 0 Å². The molecule has 5 aromatic carbocycles. The minimum atomic E-state index is -0.344. The molecule has 0 spiro atoms. The van der Waals surface area contributed by atoms with E-state index in [0.717, 1.165) is 5.56 Å². The van der Waals surface area contributed by atoms with Gasteiger partial charge in [-0.15, -0.1) is 0 Å². The molecule has 0 aliphatic carbocycles. The third kappa shape index (κ3) is 5.45. The zero-order chi connectivity index (χ0) is 24.0.